The van der Waals surface area contributed by atoms with Gasteiger partial charge in [-0.1, -0.05) is 30.3 Å². The van der Waals surface area contributed by atoms with E-state index in [4.69, 9.17) is 9.47 Å². The number of carbonyl (C=O) groups is 1. The molecular weight excluding hydrogens is 272 g/mol. The van der Waals surface area contributed by atoms with Crippen molar-refractivity contribution in [1.82, 2.24) is 0 Å². The lowest BCUT2D eigenvalue weighted by Gasteiger charge is -2.13. The van der Waals surface area contributed by atoms with Gasteiger partial charge in [0.05, 0.1) is 0 Å². The van der Waals surface area contributed by atoms with Gasteiger partial charge in [0.25, 0.3) is 0 Å². The van der Waals surface area contributed by atoms with E-state index in [0.29, 0.717) is 5.75 Å². The van der Waals surface area contributed by atoms with Crippen LogP contribution in [0, 0.1) is 0 Å². The SMILES string of the molecule is O=C(OCC(O)COc1ccccc1)c1ccccc1O. The fraction of sp³-hybridized carbons (Fsp3) is 0.188. The summed E-state index contributed by atoms with van der Waals surface area (Å²) >= 11 is 0. The van der Waals surface area contributed by atoms with Gasteiger partial charge in [-0.3, -0.25) is 0 Å². The predicted molar refractivity (Wildman–Crippen MR) is 76.3 cm³/mol. The van der Waals surface area contributed by atoms with Crippen LogP contribution in [0.5, 0.6) is 11.5 Å². The molecule has 0 radical (unpaired) electrons. The number of hydrogen-bond acceptors (Lipinski definition) is 5. The van der Waals surface area contributed by atoms with Crippen LogP contribution in [0.25, 0.3) is 0 Å². The summed E-state index contributed by atoms with van der Waals surface area (Å²) in [6, 6.07) is 15.1. The zero-order chi connectivity index (χ0) is 15.1. The summed E-state index contributed by atoms with van der Waals surface area (Å²) in [6.45, 7) is -0.196. The highest BCUT2D eigenvalue weighted by Crippen LogP contribution is 2.16. The molecule has 1 unspecified atom stereocenters. The molecule has 0 aliphatic carbocycles. The van der Waals surface area contributed by atoms with E-state index < -0.39 is 12.1 Å². The number of ether oxygens (including phenoxy) is 2. The van der Waals surface area contributed by atoms with Crippen LogP contribution in [0.2, 0.25) is 0 Å². The Balaban J connectivity index is 1.77. The normalized spacial score (nSPS) is 11.7. The molecule has 1 atom stereocenters. The summed E-state index contributed by atoms with van der Waals surface area (Å²) < 4.78 is 10.3. The van der Waals surface area contributed by atoms with Gasteiger partial charge in [-0.25, -0.2) is 4.79 Å². The molecule has 110 valence electrons. The molecule has 2 aromatic rings. The first-order valence-corrected chi connectivity index (χ1v) is 6.48. The third-order valence-corrected chi connectivity index (χ3v) is 2.72. The van der Waals surface area contributed by atoms with Crippen molar-refractivity contribution >= 4 is 5.97 Å². The Labute approximate surface area is 122 Å². The Hall–Kier alpha value is -2.53. The second kappa shape index (κ2) is 7.31. The lowest BCUT2D eigenvalue weighted by Crippen LogP contribution is -2.25. The molecule has 0 saturated carbocycles. The first-order chi connectivity index (χ1) is 10.2. The summed E-state index contributed by atoms with van der Waals surface area (Å²) in [6.07, 6.45) is -0.944. The number of phenolic OH excluding ortho intramolecular Hbond substituents is 1. The summed E-state index contributed by atoms with van der Waals surface area (Å²) in [4.78, 5) is 11.7. The Morgan fingerprint density at radius 3 is 2.38 bits per heavy atom. The summed E-state index contributed by atoms with van der Waals surface area (Å²) in [5, 5.41) is 19.2. The van der Waals surface area contributed by atoms with Crippen molar-refractivity contribution in [3.8, 4) is 11.5 Å². The van der Waals surface area contributed by atoms with Gasteiger partial charge < -0.3 is 19.7 Å². The van der Waals surface area contributed by atoms with Crippen molar-refractivity contribution in [2.45, 2.75) is 6.10 Å². The van der Waals surface area contributed by atoms with Crippen molar-refractivity contribution < 1.29 is 24.5 Å². The van der Waals surface area contributed by atoms with E-state index in [-0.39, 0.29) is 24.5 Å². The maximum atomic E-state index is 11.7. The van der Waals surface area contributed by atoms with Gasteiger partial charge in [-0.2, -0.15) is 0 Å². The maximum Gasteiger partial charge on any atom is 0.342 e. The van der Waals surface area contributed by atoms with Crippen LogP contribution in [0.15, 0.2) is 54.6 Å². The van der Waals surface area contributed by atoms with Crippen LogP contribution in [0.3, 0.4) is 0 Å². The summed E-state index contributed by atoms with van der Waals surface area (Å²) in [7, 11) is 0. The minimum absolute atomic E-state index is 0.0120. The molecule has 0 spiro atoms. The number of carbonyl (C=O) groups excluding carboxylic acids is 1. The van der Waals surface area contributed by atoms with Crippen molar-refractivity contribution in [2.24, 2.45) is 0 Å². The van der Waals surface area contributed by atoms with E-state index in [1.54, 1.807) is 24.3 Å². The van der Waals surface area contributed by atoms with E-state index in [0.717, 1.165) is 0 Å². The molecule has 21 heavy (non-hydrogen) atoms. The fourth-order valence-corrected chi connectivity index (χ4v) is 1.65. The lowest BCUT2D eigenvalue weighted by molar-refractivity contribution is 0.0128. The van der Waals surface area contributed by atoms with E-state index in [1.807, 2.05) is 18.2 Å². The van der Waals surface area contributed by atoms with Gasteiger partial charge in [-0.15, -0.1) is 0 Å². The maximum absolute atomic E-state index is 11.7. The van der Waals surface area contributed by atoms with E-state index in [1.165, 1.54) is 12.1 Å². The highest BCUT2D eigenvalue weighted by Gasteiger charge is 2.14. The molecule has 5 nitrogen and oxygen atoms in total. The molecule has 2 rings (SSSR count). The standard InChI is InChI=1S/C16H16O5/c17-12(10-20-13-6-2-1-3-7-13)11-21-16(19)14-8-4-5-9-15(14)18/h1-9,12,17-18H,10-11H2. The van der Waals surface area contributed by atoms with Crippen molar-refractivity contribution in [2.75, 3.05) is 13.2 Å². The quantitative estimate of drug-likeness (QED) is 0.795. The van der Waals surface area contributed by atoms with Gasteiger partial charge in [0.15, 0.2) is 0 Å². The average molecular weight is 288 g/mol. The largest absolute Gasteiger partial charge is 0.507 e. The minimum atomic E-state index is -0.944. The molecule has 0 aliphatic rings. The molecule has 0 aromatic heterocycles. The lowest BCUT2D eigenvalue weighted by atomic mass is 10.2. The van der Waals surface area contributed by atoms with Crippen molar-refractivity contribution in [1.29, 1.82) is 0 Å². The predicted octanol–water partition coefficient (Wildman–Crippen LogP) is 1.99. The molecule has 2 aromatic carbocycles. The van der Waals surface area contributed by atoms with E-state index in [9.17, 15) is 15.0 Å². The van der Waals surface area contributed by atoms with Gasteiger partial charge in [-0.05, 0) is 24.3 Å². The van der Waals surface area contributed by atoms with Crippen LogP contribution >= 0.6 is 0 Å². The fourth-order valence-electron chi connectivity index (χ4n) is 1.65. The zero-order valence-electron chi connectivity index (χ0n) is 11.3. The third kappa shape index (κ3) is 4.50. The molecule has 0 amide bonds. The molecule has 0 bridgehead atoms. The summed E-state index contributed by atoms with van der Waals surface area (Å²) in [5.41, 5.74) is 0.0636. The molecule has 0 fully saturated rings. The molecule has 0 aliphatic heterocycles. The number of aliphatic hydroxyl groups excluding tert-OH is 1. The van der Waals surface area contributed by atoms with Gasteiger partial charge in [0.1, 0.15) is 36.4 Å². The van der Waals surface area contributed by atoms with Crippen molar-refractivity contribution in [3.05, 3.63) is 60.2 Å². The minimum Gasteiger partial charge on any atom is -0.507 e. The van der Waals surface area contributed by atoms with Gasteiger partial charge in [0.2, 0.25) is 0 Å². The van der Waals surface area contributed by atoms with Crippen LogP contribution in [-0.4, -0.2) is 35.5 Å². The van der Waals surface area contributed by atoms with Gasteiger partial charge >= 0.3 is 5.97 Å². The molecule has 0 heterocycles. The topological polar surface area (TPSA) is 76.0 Å². The zero-order valence-corrected chi connectivity index (χ0v) is 11.3. The number of esters is 1. The monoisotopic (exact) mass is 288 g/mol. The average Bonchev–Trinajstić information content (AvgIpc) is 2.52. The van der Waals surface area contributed by atoms with Crippen LogP contribution in [-0.2, 0) is 4.74 Å². The Bertz CT molecular complexity index is 582. The number of rotatable bonds is 6. The highest BCUT2D eigenvalue weighted by atomic mass is 16.5. The number of hydrogen-bond donors (Lipinski definition) is 2. The second-order valence-corrected chi connectivity index (χ2v) is 4.39. The smallest absolute Gasteiger partial charge is 0.342 e. The van der Waals surface area contributed by atoms with Crippen LogP contribution < -0.4 is 4.74 Å². The number of phenols is 1. The Kier molecular flexibility index (Phi) is 5.17. The number of aliphatic hydroxyl groups is 1. The number of benzene rings is 2. The number of para-hydroxylation sites is 2. The van der Waals surface area contributed by atoms with Crippen LogP contribution in [0.4, 0.5) is 0 Å². The van der Waals surface area contributed by atoms with E-state index >= 15 is 0 Å². The second-order valence-electron chi connectivity index (χ2n) is 4.39. The van der Waals surface area contributed by atoms with Gasteiger partial charge in [0, 0.05) is 0 Å². The highest BCUT2D eigenvalue weighted by molar-refractivity contribution is 5.92. The van der Waals surface area contributed by atoms with Crippen LogP contribution in [0.1, 0.15) is 10.4 Å². The molecular formula is C16H16O5. The third-order valence-electron chi connectivity index (χ3n) is 2.72. The summed E-state index contributed by atoms with van der Waals surface area (Å²) in [5.74, 6) is -0.215. The van der Waals surface area contributed by atoms with E-state index in [2.05, 4.69) is 0 Å². The first-order valence-electron chi connectivity index (χ1n) is 6.48. The molecule has 2 N–H and O–H groups in total. The number of aromatic hydroxyl groups is 1. The van der Waals surface area contributed by atoms with Crippen molar-refractivity contribution in [3.63, 3.8) is 0 Å². The first kappa shape index (κ1) is 14.9. The Morgan fingerprint density at radius 2 is 1.67 bits per heavy atom. The molecule has 5 heteroatoms. The molecule has 0 saturated heterocycles. The Morgan fingerprint density at radius 1 is 1.00 bits per heavy atom.